The van der Waals surface area contributed by atoms with Crippen molar-refractivity contribution in [2.24, 2.45) is 0 Å². The van der Waals surface area contributed by atoms with Crippen molar-refractivity contribution in [3.63, 3.8) is 0 Å². The number of hydrogen-bond donors (Lipinski definition) is 0. The first-order valence-electron chi connectivity index (χ1n) is 12.0. The maximum Gasteiger partial charge on any atom is 0.170 e. The molecule has 0 saturated carbocycles. The van der Waals surface area contributed by atoms with Crippen molar-refractivity contribution in [3.05, 3.63) is 75.9 Å². The number of ether oxygens (including phenoxy) is 1. The Hall–Kier alpha value is -3.38. The molecule has 0 amide bonds. The van der Waals surface area contributed by atoms with Gasteiger partial charge in [-0.05, 0) is 62.2 Å². The van der Waals surface area contributed by atoms with Crippen LogP contribution in [0.15, 0.2) is 48.5 Å². The highest BCUT2D eigenvalue weighted by molar-refractivity contribution is 6.31. The van der Waals surface area contributed by atoms with Crippen molar-refractivity contribution < 1.29 is 9.53 Å². The Balaban J connectivity index is 1.30. The highest BCUT2D eigenvalue weighted by Gasteiger charge is 2.43. The Kier molecular flexibility index (Phi) is 5.11. The zero-order valence-corrected chi connectivity index (χ0v) is 20.9. The first kappa shape index (κ1) is 22.1. The van der Waals surface area contributed by atoms with Gasteiger partial charge in [0.05, 0.1) is 23.4 Å². The molecule has 7 heteroatoms. The maximum atomic E-state index is 13.0. The number of aromatic nitrogens is 3. The van der Waals surface area contributed by atoms with Crippen LogP contribution < -0.4 is 9.64 Å². The quantitative estimate of drug-likeness (QED) is 0.347. The van der Waals surface area contributed by atoms with E-state index < -0.39 is 5.60 Å². The van der Waals surface area contributed by atoms with E-state index in [9.17, 15) is 4.79 Å². The number of benzene rings is 2. The van der Waals surface area contributed by atoms with Gasteiger partial charge in [0.25, 0.3) is 0 Å². The van der Waals surface area contributed by atoms with Gasteiger partial charge in [0, 0.05) is 36.3 Å². The lowest BCUT2D eigenvalue weighted by atomic mass is 9.82. The van der Waals surface area contributed by atoms with Crippen molar-refractivity contribution in [2.45, 2.75) is 45.6 Å². The second-order valence-corrected chi connectivity index (χ2v) is 10.2. The van der Waals surface area contributed by atoms with Crippen LogP contribution in [-0.2, 0) is 0 Å². The van der Waals surface area contributed by atoms with Crippen LogP contribution in [0, 0.1) is 20.8 Å². The summed E-state index contributed by atoms with van der Waals surface area (Å²) in [6, 6.07) is 15.9. The minimum absolute atomic E-state index is 0.114. The molecule has 0 radical (unpaired) electrons. The summed E-state index contributed by atoms with van der Waals surface area (Å²) in [6.07, 6.45) is 1.91. The number of aryl methyl sites for hydroxylation is 3. The molecule has 0 bridgehead atoms. The summed E-state index contributed by atoms with van der Waals surface area (Å²) < 4.78 is 8.47. The van der Waals surface area contributed by atoms with E-state index in [1.54, 1.807) is 6.07 Å². The number of ketones is 1. The van der Waals surface area contributed by atoms with Crippen LogP contribution in [0.5, 0.6) is 5.75 Å². The lowest BCUT2D eigenvalue weighted by Gasteiger charge is -2.44. The van der Waals surface area contributed by atoms with E-state index in [0.717, 1.165) is 65.3 Å². The van der Waals surface area contributed by atoms with E-state index in [4.69, 9.17) is 26.4 Å². The van der Waals surface area contributed by atoms with Gasteiger partial charge in [-0.15, -0.1) is 0 Å². The van der Waals surface area contributed by atoms with Gasteiger partial charge in [-0.3, -0.25) is 4.79 Å². The number of rotatable bonds is 2. The summed E-state index contributed by atoms with van der Waals surface area (Å²) in [7, 11) is 0. The average molecular weight is 487 g/mol. The van der Waals surface area contributed by atoms with Crippen molar-refractivity contribution >= 4 is 34.2 Å². The molecule has 4 aromatic rings. The molecule has 0 N–H and O–H groups in total. The molecule has 6 rings (SSSR count). The fraction of sp³-hybridized carbons (Fsp3) is 0.321. The largest absolute Gasteiger partial charge is 0.486 e. The normalized spacial score (nSPS) is 17.0. The average Bonchev–Trinajstić information content (AvgIpc) is 3.18. The van der Waals surface area contributed by atoms with Gasteiger partial charge < -0.3 is 9.64 Å². The number of anilines is 1. The van der Waals surface area contributed by atoms with E-state index in [-0.39, 0.29) is 5.78 Å². The first-order valence-corrected chi connectivity index (χ1v) is 12.4. The third kappa shape index (κ3) is 3.67. The number of Topliss-reactive ketones (excluding diaryl/α,β-unsaturated/α-hetero) is 1. The van der Waals surface area contributed by atoms with E-state index in [0.29, 0.717) is 22.8 Å². The number of halogens is 1. The van der Waals surface area contributed by atoms with Crippen LogP contribution in [0.3, 0.4) is 0 Å². The summed E-state index contributed by atoms with van der Waals surface area (Å²) in [5.74, 6) is 1.74. The Morgan fingerprint density at radius 2 is 1.74 bits per heavy atom. The fourth-order valence-electron chi connectivity index (χ4n) is 5.53. The predicted molar refractivity (Wildman–Crippen MR) is 138 cm³/mol. The Morgan fingerprint density at radius 1 is 1.00 bits per heavy atom. The molecule has 2 aliphatic rings. The minimum atomic E-state index is -0.472. The lowest BCUT2D eigenvalue weighted by molar-refractivity contribution is 0.0225. The maximum absolute atomic E-state index is 13.0. The Morgan fingerprint density at radius 3 is 2.49 bits per heavy atom. The molecule has 0 aliphatic carbocycles. The van der Waals surface area contributed by atoms with Crippen LogP contribution >= 0.6 is 11.6 Å². The third-order valence-electron chi connectivity index (χ3n) is 7.34. The number of carbonyl (C=O) groups is 1. The van der Waals surface area contributed by atoms with Gasteiger partial charge in [-0.2, -0.15) is 5.10 Å². The lowest BCUT2D eigenvalue weighted by Crippen LogP contribution is -2.51. The predicted octanol–water partition coefficient (Wildman–Crippen LogP) is 6.00. The zero-order valence-electron chi connectivity index (χ0n) is 20.1. The van der Waals surface area contributed by atoms with Crippen LogP contribution in [0.2, 0.25) is 5.02 Å². The molecule has 6 nitrogen and oxygen atoms in total. The van der Waals surface area contributed by atoms with E-state index in [1.165, 1.54) is 0 Å². The summed E-state index contributed by atoms with van der Waals surface area (Å²) in [5, 5.41) is 6.46. The summed E-state index contributed by atoms with van der Waals surface area (Å²) >= 11 is 6.19. The highest BCUT2D eigenvalue weighted by Crippen LogP contribution is 2.42. The fourth-order valence-corrected chi connectivity index (χ4v) is 5.81. The second kappa shape index (κ2) is 8.09. The van der Waals surface area contributed by atoms with Gasteiger partial charge >= 0.3 is 0 Å². The van der Waals surface area contributed by atoms with Gasteiger partial charge in [-0.25, -0.2) is 9.67 Å². The molecular formula is C28H27ClN4O2. The Bertz CT molecular complexity index is 1470. The molecular weight excluding hydrogens is 460 g/mol. The standard InChI is InChI=1S/C28H27ClN4O2/c1-17-14-24(30-27-25(17)19(3)31-33(27)21-7-5-4-6-8-21)32-11-9-28(10-12-32)16-23(34)22-15-20(29)13-18(2)26(22)35-28/h4-8,13-15H,9-12,16H2,1-3H3. The summed E-state index contributed by atoms with van der Waals surface area (Å²) in [6.45, 7) is 7.64. The van der Waals surface area contributed by atoms with E-state index in [1.807, 2.05) is 54.9 Å². The van der Waals surface area contributed by atoms with Crippen LogP contribution in [0.1, 0.15) is 46.4 Å². The van der Waals surface area contributed by atoms with Gasteiger partial charge in [0.2, 0.25) is 0 Å². The van der Waals surface area contributed by atoms with Gasteiger partial charge in [0.1, 0.15) is 17.2 Å². The van der Waals surface area contributed by atoms with Crippen LogP contribution in [0.25, 0.3) is 16.7 Å². The summed E-state index contributed by atoms with van der Waals surface area (Å²) in [4.78, 5) is 20.4. The molecule has 0 unspecified atom stereocenters. The van der Waals surface area contributed by atoms with Crippen LogP contribution in [0.4, 0.5) is 5.82 Å². The zero-order chi connectivity index (χ0) is 24.3. The first-order chi connectivity index (χ1) is 16.8. The topological polar surface area (TPSA) is 60.2 Å². The number of fused-ring (bicyclic) bond motifs is 2. The van der Waals surface area contributed by atoms with Crippen molar-refractivity contribution in [1.82, 2.24) is 14.8 Å². The van der Waals surface area contributed by atoms with Crippen molar-refractivity contribution in [2.75, 3.05) is 18.0 Å². The molecule has 178 valence electrons. The summed E-state index contributed by atoms with van der Waals surface area (Å²) in [5.41, 5.74) is 5.05. The Labute approximate surface area is 209 Å². The number of piperidine rings is 1. The van der Waals surface area contributed by atoms with Crippen molar-refractivity contribution in [1.29, 1.82) is 0 Å². The van der Waals surface area contributed by atoms with E-state index in [2.05, 4.69) is 17.9 Å². The number of para-hydroxylation sites is 1. The number of hydrogen-bond acceptors (Lipinski definition) is 5. The molecule has 1 fully saturated rings. The monoisotopic (exact) mass is 486 g/mol. The highest BCUT2D eigenvalue weighted by atomic mass is 35.5. The second-order valence-electron chi connectivity index (χ2n) is 9.80. The molecule has 1 saturated heterocycles. The minimum Gasteiger partial charge on any atom is -0.486 e. The molecule has 0 atom stereocenters. The SMILES string of the molecule is Cc1cc(Cl)cc2c1OC1(CCN(c3cc(C)c4c(C)nn(-c5ccccc5)c4n3)CC1)CC2=O. The molecule has 1 spiro atoms. The molecule has 2 aromatic heterocycles. The van der Waals surface area contributed by atoms with E-state index >= 15 is 0 Å². The molecule has 35 heavy (non-hydrogen) atoms. The molecule has 2 aromatic carbocycles. The van der Waals surface area contributed by atoms with Crippen molar-refractivity contribution in [3.8, 4) is 11.4 Å². The van der Waals surface area contributed by atoms with Crippen LogP contribution in [-0.4, -0.2) is 39.2 Å². The third-order valence-corrected chi connectivity index (χ3v) is 7.56. The van der Waals surface area contributed by atoms with Gasteiger partial charge in [0.15, 0.2) is 11.4 Å². The molecule has 2 aliphatic heterocycles. The smallest absolute Gasteiger partial charge is 0.170 e. The molecule has 4 heterocycles. The van der Waals surface area contributed by atoms with Gasteiger partial charge in [-0.1, -0.05) is 29.8 Å². The number of pyridine rings is 1. The number of carbonyl (C=O) groups excluding carboxylic acids is 1. The number of nitrogens with zero attached hydrogens (tertiary/aromatic N) is 4.